The summed E-state index contributed by atoms with van der Waals surface area (Å²) in [6.45, 7) is 3.35. The Hall–Kier alpha value is -1.06. The third-order valence-corrected chi connectivity index (χ3v) is 3.49. The highest BCUT2D eigenvalue weighted by atomic mass is 16.5. The molecule has 1 aromatic rings. The van der Waals surface area contributed by atoms with E-state index in [2.05, 4.69) is 0 Å². The molecule has 1 unspecified atom stereocenters. The molecule has 1 saturated heterocycles. The molecule has 1 aliphatic heterocycles. The van der Waals surface area contributed by atoms with Crippen molar-refractivity contribution in [3.8, 4) is 0 Å². The minimum atomic E-state index is -0.806. The Labute approximate surface area is 96.2 Å². The molecule has 3 nitrogen and oxygen atoms in total. The minimum absolute atomic E-state index is 0.253. The van der Waals surface area contributed by atoms with Crippen LogP contribution in [0.1, 0.15) is 25.3 Å². The van der Waals surface area contributed by atoms with E-state index in [-0.39, 0.29) is 5.92 Å². The maximum Gasteiger partial charge on any atom is 0.0899 e. The van der Waals surface area contributed by atoms with Crippen molar-refractivity contribution in [2.75, 3.05) is 18.9 Å². The second kappa shape index (κ2) is 4.44. The molecule has 3 N–H and O–H groups in total. The highest BCUT2D eigenvalue weighted by Gasteiger charge is 2.34. The van der Waals surface area contributed by atoms with Gasteiger partial charge < -0.3 is 15.6 Å². The number of anilines is 1. The van der Waals surface area contributed by atoms with Crippen LogP contribution in [0, 0.1) is 5.92 Å². The van der Waals surface area contributed by atoms with Crippen molar-refractivity contribution >= 4 is 5.69 Å². The number of benzene rings is 1. The average molecular weight is 221 g/mol. The quantitative estimate of drug-likeness (QED) is 0.750. The minimum Gasteiger partial charge on any atom is -0.399 e. The Balaban J connectivity index is 2.22. The first-order valence-corrected chi connectivity index (χ1v) is 5.77. The zero-order chi connectivity index (χ0) is 11.6. The molecule has 1 aliphatic rings. The smallest absolute Gasteiger partial charge is 0.0899 e. The van der Waals surface area contributed by atoms with Crippen LogP contribution >= 0.6 is 0 Å². The summed E-state index contributed by atoms with van der Waals surface area (Å²) < 4.78 is 5.32. The topological polar surface area (TPSA) is 55.5 Å². The van der Waals surface area contributed by atoms with E-state index in [0.29, 0.717) is 5.69 Å². The van der Waals surface area contributed by atoms with Gasteiger partial charge in [0.1, 0.15) is 0 Å². The molecular weight excluding hydrogens is 202 g/mol. The van der Waals surface area contributed by atoms with Gasteiger partial charge in [0.25, 0.3) is 0 Å². The highest BCUT2D eigenvalue weighted by Crippen LogP contribution is 2.36. The fourth-order valence-corrected chi connectivity index (χ4v) is 2.35. The van der Waals surface area contributed by atoms with E-state index in [4.69, 9.17) is 10.5 Å². The lowest BCUT2D eigenvalue weighted by atomic mass is 9.78. The molecule has 1 aromatic carbocycles. The van der Waals surface area contributed by atoms with Gasteiger partial charge in [-0.2, -0.15) is 0 Å². The van der Waals surface area contributed by atoms with Crippen LogP contribution in [0.5, 0.6) is 0 Å². The molecule has 2 rings (SSSR count). The second-order valence-electron chi connectivity index (χ2n) is 4.66. The molecule has 3 heteroatoms. The van der Waals surface area contributed by atoms with E-state index in [0.717, 1.165) is 31.6 Å². The fraction of sp³-hybridized carbons (Fsp3) is 0.538. The summed E-state index contributed by atoms with van der Waals surface area (Å²) in [6.07, 6.45) is 1.81. The van der Waals surface area contributed by atoms with Crippen molar-refractivity contribution in [3.63, 3.8) is 0 Å². The molecule has 1 heterocycles. The maximum atomic E-state index is 10.6. The number of aliphatic hydroxyl groups is 1. The molecule has 0 aromatic heterocycles. The summed E-state index contributed by atoms with van der Waals surface area (Å²) in [7, 11) is 0. The number of rotatable bonds is 2. The molecular formula is C13H19NO2. The fourth-order valence-electron chi connectivity index (χ4n) is 2.35. The third kappa shape index (κ3) is 2.20. The molecule has 88 valence electrons. The lowest BCUT2D eigenvalue weighted by Gasteiger charge is -2.36. The SMILES string of the molecule is CC(O)(c1cccc(N)c1)C1CCOCC1. The largest absolute Gasteiger partial charge is 0.399 e. The van der Waals surface area contributed by atoms with E-state index in [1.54, 1.807) is 0 Å². The van der Waals surface area contributed by atoms with Crippen molar-refractivity contribution in [3.05, 3.63) is 29.8 Å². The molecule has 0 saturated carbocycles. The number of hydrogen-bond donors (Lipinski definition) is 2. The molecule has 0 bridgehead atoms. The summed E-state index contributed by atoms with van der Waals surface area (Å²) >= 11 is 0. The standard InChI is InChI=1S/C13H19NO2/c1-13(15,10-5-7-16-8-6-10)11-3-2-4-12(14)9-11/h2-4,9-10,15H,5-8,14H2,1H3. The van der Waals surface area contributed by atoms with Crippen LogP contribution < -0.4 is 5.73 Å². The van der Waals surface area contributed by atoms with Crippen LogP contribution in [0.25, 0.3) is 0 Å². The lowest BCUT2D eigenvalue weighted by molar-refractivity contribution is -0.0579. The first-order chi connectivity index (χ1) is 7.60. The predicted molar refractivity (Wildman–Crippen MR) is 64.0 cm³/mol. The predicted octanol–water partition coefficient (Wildman–Crippen LogP) is 1.90. The molecule has 1 fully saturated rings. The van der Waals surface area contributed by atoms with E-state index >= 15 is 0 Å². The number of ether oxygens (including phenoxy) is 1. The van der Waals surface area contributed by atoms with E-state index in [1.807, 2.05) is 31.2 Å². The summed E-state index contributed by atoms with van der Waals surface area (Å²) in [5, 5.41) is 10.6. The van der Waals surface area contributed by atoms with E-state index in [1.165, 1.54) is 0 Å². The zero-order valence-electron chi connectivity index (χ0n) is 9.65. The van der Waals surface area contributed by atoms with Gasteiger partial charge in [-0.1, -0.05) is 12.1 Å². The van der Waals surface area contributed by atoms with Crippen LogP contribution in [0.4, 0.5) is 5.69 Å². The van der Waals surface area contributed by atoms with Crippen LogP contribution in [0.15, 0.2) is 24.3 Å². The summed E-state index contributed by atoms with van der Waals surface area (Å²) in [6, 6.07) is 7.52. The van der Waals surface area contributed by atoms with E-state index < -0.39 is 5.60 Å². The van der Waals surface area contributed by atoms with Crippen LogP contribution in [0.2, 0.25) is 0 Å². The van der Waals surface area contributed by atoms with Crippen LogP contribution in [-0.2, 0) is 10.3 Å². The Kier molecular flexibility index (Phi) is 3.17. The van der Waals surface area contributed by atoms with Crippen LogP contribution in [-0.4, -0.2) is 18.3 Å². The Morgan fingerprint density at radius 3 is 2.69 bits per heavy atom. The van der Waals surface area contributed by atoms with Gasteiger partial charge in [-0.05, 0) is 43.4 Å². The number of nitrogen functional groups attached to an aromatic ring is 1. The number of nitrogens with two attached hydrogens (primary N) is 1. The Morgan fingerprint density at radius 1 is 1.38 bits per heavy atom. The van der Waals surface area contributed by atoms with Crippen molar-refractivity contribution in [2.45, 2.75) is 25.4 Å². The molecule has 0 amide bonds. The summed E-state index contributed by atoms with van der Waals surface area (Å²) in [5.41, 5.74) is 6.54. The van der Waals surface area contributed by atoms with Gasteiger partial charge in [0.05, 0.1) is 5.60 Å². The molecule has 0 radical (unpaired) electrons. The van der Waals surface area contributed by atoms with Crippen molar-refractivity contribution in [1.29, 1.82) is 0 Å². The second-order valence-corrected chi connectivity index (χ2v) is 4.66. The molecule has 1 atom stereocenters. The Morgan fingerprint density at radius 2 is 2.06 bits per heavy atom. The van der Waals surface area contributed by atoms with Gasteiger partial charge in [-0.3, -0.25) is 0 Å². The van der Waals surface area contributed by atoms with Gasteiger partial charge >= 0.3 is 0 Å². The summed E-state index contributed by atoms with van der Waals surface area (Å²) in [5.74, 6) is 0.253. The number of hydrogen-bond acceptors (Lipinski definition) is 3. The lowest BCUT2D eigenvalue weighted by Crippen LogP contribution is -2.35. The highest BCUT2D eigenvalue weighted by molar-refractivity contribution is 5.42. The van der Waals surface area contributed by atoms with Gasteiger partial charge in [0.15, 0.2) is 0 Å². The van der Waals surface area contributed by atoms with Crippen molar-refractivity contribution in [2.24, 2.45) is 5.92 Å². The maximum absolute atomic E-state index is 10.6. The van der Waals surface area contributed by atoms with Gasteiger partial charge in [0, 0.05) is 18.9 Å². The van der Waals surface area contributed by atoms with E-state index in [9.17, 15) is 5.11 Å². The van der Waals surface area contributed by atoms with Crippen molar-refractivity contribution in [1.82, 2.24) is 0 Å². The van der Waals surface area contributed by atoms with Gasteiger partial charge in [-0.15, -0.1) is 0 Å². The van der Waals surface area contributed by atoms with Gasteiger partial charge in [0.2, 0.25) is 0 Å². The third-order valence-electron chi connectivity index (χ3n) is 3.49. The van der Waals surface area contributed by atoms with Gasteiger partial charge in [-0.25, -0.2) is 0 Å². The zero-order valence-corrected chi connectivity index (χ0v) is 9.65. The average Bonchev–Trinajstić information content (AvgIpc) is 2.30. The molecule has 0 spiro atoms. The Bertz CT molecular complexity index is 357. The monoisotopic (exact) mass is 221 g/mol. The summed E-state index contributed by atoms with van der Waals surface area (Å²) in [4.78, 5) is 0. The first-order valence-electron chi connectivity index (χ1n) is 5.77. The first kappa shape index (κ1) is 11.4. The molecule has 0 aliphatic carbocycles. The normalized spacial score (nSPS) is 21.6. The van der Waals surface area contributed by atoms with Crippen molar-refractivity contribution < 1.29 is 9.84 Å². The van der Waals surface area contributed by atoms with Crippen LogP contribution in [0.3, 0.4) is 0 Å². The molecule has 16 heavy (non-hydrogen) atoms.